The first-order valence-corrected chi connectivity index (χ1v) is 9.70. The van der Waals surface area contributed by atoms with Crippen LogP contribution in [0, 0.1) is 5.92 Å². The summed E-state index contributed by atoms with van der Waals surface area (Å²) in [5.74, 6) is 0.507. The van der Waals surface area contributed by atoms with Gasteiger partial charge in [-0.15, -0.1) is 0 Å². The molecule has 2 fully saturated rings. The van der Waals surface area contributed by atoms with Gasteiger partial charge in [0.15, 0.2) is 0 Å². The van der Waals surface area contributed by atoms with Crippen molar-refractivity contribution in [2.45, 2.75) is 25.3 Å². The lowest BCUT2D eigenvalue weighted by Gasteiger charge is -2.46. The van der Waals surface area contributed by atoms with Crippen molar-refractivity contribution in [3.63, 3.8) is 0 Å². The molecule has 1 amide bonds. The van der Waals surface area contributed by atoms with Crippen LogP contribution in [0.3, 0.4) is 0 Å². The summed E-state index contributed by atoms with van der Waals surface area (Å²) in [5.41, 5.74) is 0.545. The Morgan fingerprint density at radius 2 is 1.96 bits per heavy atom. The summed E-state index contributed by atoms with van der Waals surface area (Å²) in [6.07, 6.45) is 2.70. The van der Waals surface area contributed by atoms with Gasteiger partial charge < -0.3 is 20.0 Å². The molecule has 6 heteroatoms. The van der Waals surface area contributed by atoms with Crippen molar-refractivity contribution >= 4 is 5.91 Å². The smallest absolute Gasteiger partial charge is 0.253 e. The van der Waals surface area contributed by atoms with Gasteiger partial charge in [-0.05, 0) is 50.4 Å². The maximum absolute atomic E-state index is 12.8. The summed E-state index contributed by atoms with van der Waals surface area (Å²) >= 11 is 0. The number of benzene rings is 1. The van der Waals surface area contributed by atoms with Crippen molar-refractivity contribution in [3.05, 3.63) is 29.8 Å². The maximum Gasteiger partial charge on any atom is 0.253 e. The molecular weight excluding hydrogens is 330 g/mol. The second-order valence-electron chi connectivity index (χ2n) is 7.62. The monoisotopic (exact) mass is 361 g/mol. The average molecular weight is 361 g/mol. The van der Waals surface area contributed by atoms with Crippen LogP contribution in [0.15, 0.2) is 24.3 Å². The highest BCUT2D eigenvalue weighted by Gasteiger charge is 2.35. The van der Waals surface area contributed by atoms with E-state index < -0.39 is 0 Å². The predicted octanol–water partition coefficient (Wildman–Crippen LogP) is 1.24. The Hall–Kier alpha value is -1.63. The minimum absolute atomic E-state index is 0.00766. The number of piperazine rings is 1. The fourth-order valence-corrected chi connectivity index (χ4v) is 4.30. The first kappa shape index (κ1) is 19.1. The Bertz CT molecular complexity index is 602. The Morgan fingerprint density at radius 1 is 1.19 bits per heavy atom. The van der Waals surface area contributed by atoms with Crippen molar-refractivity contribution in [2.75, 3.05) is 52.9 Å². The molecule has 26 heavy (non-hydrogen) atoms. The molecule has 6 nitrogen and oxygen atoms in total. The lowest BCUT2D eigenvalue weighted by molar-refractivity contribution is 0.0217. The van der Waals surface area contributed by atoms with Gasteiger partial charge in [0.05, 0.1) is 0 Å². The van der Waals surface area contributed by atoms with Crippen molar-refractivity contribution in [3.8, 4) is 5.75 Å². The van der Waals surface area contributed by atoms with E-state index in [1.807, 2.05) is 4.90 Å². The number of phenols is 1. The second-order valence-corrected chi connectivity index (χ2v) is 7.62. The first-order chi connectivity index (χ1) is 12.6. The zero-order valence-corrected chi connectivity index (χ0v) is 15.7. The Morgan fingerprint density at radius 3 is 2.65 bits per heavy atom. The van der Waals surface area contributed by atoms with Gasteiger partial charge in [-0.25, -0.2) is 0 Å². The fourth-order valence-electron chi connectivity index (χ4n) is 4.30. The first-order valence-electron chi connectivity index (χ1n) is 9.70. The topological polar surface area (TPSA) is 67.2 Å². The molecule has 0 aliphatic carbocycles. The zero-order chi connectivity index (χ0) is 18.5. The summed E-state index contributed by atoms with van der Waals surface area (Å²) in [6.45, 7) is 6.03. The molecule has 0 saturated carbocycles. The van der Waals surface area contributed by atoms with Crippen molar-refractivity contribution in [1.82, 2.24) is 14.7 Å². The van der Waals surface area contributed by atoms with Crippen LogP contribution >= 0.6 is 0 Å². The molecule has 144 valence electrons. The van der Waals surface area contributed by atoms with Crippen molar-refractivity contribution in [2.24, 2.45) is 5.92 Å². The molecule has 2 heterocycles. The predicted molar refractivity (Wildman–Crippen MR) is 101 cm³/mol. The molecule has 2 aliphatic heterocycles. The second kappa shape index (κ2) is 8.84. The molecule has 1 aromatic rings. The number of likely N-dealkylation sites (N-methyl/N-ethyl adjacent to an activating group) is 1. The molecule has 1 aromatic carbocycles. The quantitative estimate of drug-likeness (QED) is 0.826. The highest BCUT2D eigenvalue weighted by Crippen LogP contribution is 2.28. The van der Waals surface area contributed by atoms with E-state index in [0.717, 1.165) is 58.5 Å². The number of piperidine rings is 1. The highest BCUT2D eigenvalue weighted by atomic mass is 16.3. The van der Waals surface area contributed by atoms with Gasteiger partial charge in [0.2, 0.25) is 0 Å². The number of amides is 1. The number of aliphatic hydroxyl groups is 1. The van der Waals surface area contributed by atoms with E-state index in [0.29, 0.717) is 17.5 Å². The van der Waals surface area contributed by atoms with Gasteiger partial charge in [-0.2, -0.15) is 0 Å². The molecule has 2 aliphatic rings. The van der Waals surface area contributed by atoms with Crippen LogP contribution in [0.1, 0.15) is 29.6 Å². The number of hydrogen-bond donors (Lipinski definition) is 2. The minimum Gasteiger partial charge on any atom is -0.508 e. The van der Waals surface area contributed by atoms with Gasteiger partial charge in [0, 0.05) is 57.5 Å². The van der Waals surface area contributed by atoms with Crippen LogP contribution in [0.4, 0.5) is 0 Å². The standard InChI is InChI=1S/C20H31N3O3/c1-21-9-11-22(12-10-21)19-7-8-23(15-17(19)5-3-13-24)20(26)16-4-2-6-18(25)14-16/h2,4,6,14,17,19,24-25H,3,5,7-13,15H2,1H3/t17-,19+/m0/s1. The summed E-state index contributed by atoms with van der Waals surface area (Å²) in [5, 5.41) is 18.9. The average Bonchev–Trinajstić information content (AvgIpc) is 2.66. The summed E-state index contributed by atoms with van der Waals surface area (Å²) in [7, 11) is 2.16. The number of aliphatic hydroxyl groups excluding tert-OH is 1. The number of nitrogens with zero attached hydrogens (tertiary/aromatic N) is 3. The van der Waals surface area contributed by atoms with Crippen LogP contribution in [-0.2, 0) is 0 Å². The molecule has 0 spiro atoms. The SMILES string of the molecule is CN1CCN([C@@H]2CCN(C(=O)c3cccc(O)c3)C[C@@H]2CCCO)CC1. The largest absolute Gasteiger partial charge is 0.508 e. The van der Waals surface area contributed by atoms with Crippen LogP contribution in [0.25, 0.3) is 0 Å². The third-order valence-electron chi connectivity index (χ3n) is 5.81. The van der Waals surface area contributed by atoms with Gasteiger partial charge >= 0.3 is 0 Å². The van der Waals surface area contributed by atoms with E-state index in [4.69, 9.17) is 0 Å². The molecule has 3 rings (SSSR count). The molecule has 2 N–H and O–H groups in total. The molecule has 0 radical (unpaired) electrons. The Kier molecular flexibility index (Phi) is 6.51. The number of rotatable bonds is 5. The molecule has 2 saturated heterocycles. The number of carbonyl (C=O) groups is 1. The maximum atomic E-state index is 12.8. The lowest BCUT2D eigenvalue weighted by atomic mass is 9.86. The normalized spacial score (nSPS) is 25.4. The number of phenolic OH excluding ortho intramolecular Hbond substituents is 1. The Balaban J connectivity index is 1.68. The molecule has 2 atom stereocenters. The third-order valence-corrected chi connectivity index (χ3v) is 5.81. The molecular formula is C20H31N3O3. The minimum atomic E-state index is -0.00766. The third kappa shape index (κ3) is 4.55. The summed E-state index contributed by atoms with van der Waals surface area (Å²) in [4.78, 5) is 19.7. The van der Waals surface area contributed by atoms with Crippen LogP contribution < -0.4 is 0 Å². The van der Waals surface area contributed by atoms with Crippen LogP contribution in [0.2, 0.25) is 0 Å². The van der Waals surface area contributed by atoms with E-state index >= 15 is 0 Å². The summed E-state index contributed by atoms with van der Waals surface area (Å²) < 4.78 is 0. The van der Waals surface area contributed by atoms with E-state index in [1.54, 1.807) is 18.2 Å². The van der Waals surface area contributed by atoms with Crippen LogP contribution in [-0.4, -0.2) is 89.8 Å². The number of hydrogen-bond acceptors (Lipinski definition) is 5. The van der Waals surface area contributed by atoms with Gasteiger partial charge in [0.25, 0.3) is 5.91 Å². The van der Waals surface area contributed by atoms with E-state index in [-0.39, 0.29) is 18.3 Å². The van der Waals surface area contributed by atoms with Crippen molar-refractivity contribution in [1.29, 1.82) is 0 Å². The van der Waals surface area contributed by atoms with E-state index in [9.17, 15) is 15.0 Å². The number of aromatic hydroxyl groups is 1. The summed E-state index contributed by atoms with van der Waals surface area (Å²) in [6, 6.07) is 7.08. The highest BCUT2D eigenvalue weighted by molar-refractivity contribution is 5.94. The van der Waals surface area contributed by atoms with Gasteiger partial charge in [-0.3, -0.25) is 9.69 Å². The molecule has 0 unspecified atom stereocenters. The Labute approximate surface area is 156 Å². The number of likely N-dealkylation sites (tertiary alicyclic amines) is 1. The van der Waals surface area contributed by atoms with Crippen molar-refractivity contribution < 1.29 is 15.0 Å². The van der Waals surface area contributed by atoms with E-state index in [2.05, 4.69) is 16.8 Å². The molecule has 0 bridgehead atoms. The van der Waals surface area contributed by atoms with Crippen LogP contribution in [0.5, 0.6) is 5.75 Å². The van der Waals surface area contributed by atoms with Gasteiger partial charge in [-0.1, -0.05) is 6.07 Å². The fraction of sp³-hybridized carbons (Fsp3) is 0.650. The van der Waals surface area contributed by atoms with Gasteiger partial charge in [0.1, 0.15) is 5.75 Å². The lowest BCUT2D eigenvalue weighted by Crippen LogP contribution is -2.56. The number of carbonyl (C=O) groups excluding carboxylic acids is 1. The zero-order valence-electron chi connectivity index (χ0n) is 15.7. The van der Waals surface area contributed by atoms with E-state index in [1.165, 1.54) is 6.07 Å². The molecule has 0 aromatic heterocycles.